The van der Waals surface area contributed by atoms with Crippen LogP contribution in [0.3, 0.4) is 0 Å². The van der Waals surface area contributed by atoms with Crippen molar-refractivity contribution in [2.24, 2.45) is 0 Å². The summed E-state index contributed by atoms with van der Waals surface area (Å²) in [4.78, 5) is 26.9. The summed E-state index contributed by atoms with van der Waals surface area (Å²) >= 11 is 0. The molecule has 1 aliphatic heterocycles. The molecule has 0 radical (unpaired) electrons. The highest BCUT2D eigenvalue weighted by Crippen LogP contribution is 2.34. The third kappa shape index (κ3) is 3.79. The minimum absolute atomic E-state index is 0.0372. The Kier molecular flexibility index (Phi) is 5.50. The van der Waals surface area contributed by atoms with Crippen LogP contribution in [-0.2, 0) is 4.79 Å². The van der Waals surface area contributed by atoms with Crippen molar-refractivity contribution < 1.29 is 18.7 Å². The highest BCUT2D eigenvalue weighted by Gasteiger charge is 2.25. The lowest BCUT2D eigenvalue weighted by Crippen LogP contribution is -2.24. The van der Waals surface area contributed by atoms with Crippen LogP contribution in [0.5, 0.6) is 5.75 Å². The van der Waals surface area contributed by atoms with Crippen LogP contribution in [0.25, 0.3) is 5.69 Å². The number of para-hydroxylation sites is 1. The Morgan fingerprint density at radius 1 is 1.10 bits per heavy atom. The van der Waals surface area contributed by atoms with E-state index in [1.807, 2.05) is 6.92 Å². The second-order valence-electron chi connectivity index (χ2n) is 7.56. The molecular formula is C24H24FN3O3. The molecule has 4 rings (SSSR count). The number of benzene rings is 2. The van der Waals surface area contributed by atoms with E-state index >= 15 is 0 Å². The van der Waals surface area contributed by atoms with Gasteiger partial charge in [-0.3, -0.25) is 9.59 Å². The first kappa shape index (κ1) is 20.7. The minimum Gasteiger partial charge on any atom is -0.495 e. The smallest absolute Gasteiger partial charge is 0.257 e. The number of halogens is 1. The van der Waals surface area contributed by atoms with E-state index in [-0.39, 0.29) is 17.6 Å². The molecular weight excluding hydrogens is 397 g/mol. The van der Waals surface area contributed by atoms with E-state index < -0.39 is 0 Å². The van der Waals surface area contributed by atoms with Crippen LogP contribution in [0.15, 0.2) is 48.5 Å². The van der Waals surface area contributed by atoms with Crippen molar-refractivity contribution in [2.45, 2.75) is 26.7 Å². The molecule has 0 aliphatic carbocycles. The van der Waals surface area contributed by atoms with Crippen LogP contribution in [-0.4, -0.2) is 30.0 Å². The Morgan fingerprint density at radius 2 is 1.87 bits per heavy atom. The predicted octanol–water partition coefficient (Wildman–Crippen LogP) is 4.62. The number of anilines is 2. The number of aromatic nitrogens is 1. The van der Waals surface area contributed by atoms with Gasteiger partial charge in [-0.2, -0.15) is 0 Å². The van der Waals surface area contributed by atoms with Crippen LogP contribution < -0.4 is 15.0 Å². The van der Waals surface area contributed by atoms with Gasteiger partial charge in [-0.05, 0) is 56.7 Å². The van der Waals surface area contributed by atoms with Crippen LogP contribution >= 0.6 is 0 Å². The number of rotatable bonds is 5. The number of hydrogen-bond donors (Lipinski definition) is 1. The van der Waals surface area contributed by atoms with Crippen molar-refractivity contribution in [1.82, 2.24) is 4.57 Å². The molecule has 0 spiro atoms. The van der Waals surface area contributed by atoms with Crippen molar-refractivity contribution in [3.05, 3.63) is 71.3 Å². The first-order chi connectivity index (χ1) is 14.9. The third-order valence-electron chi connectivity index (χ3n) is 5.57. The van der Waals surface area contributed by atoms with Gasteiger partial charge in [-0.1, -0.05) is 12.1 Å². The molecule has 1 saturated heterocycles. The molecule has 0 saturated carbocycles. The quantitative estimate of drug-likeness (QED) is 0.654. The molecule has 0 atom stereocenters. The van der Waals surface area contributed by atoms with Crippen LogP contribution in [0.2, 0.25) is 0 Å². The van der Waals surface area contributed by atoms with Crippen molar-refractivity contribution in [1.29, 1.82) is 0 Å². The molecule has 0 unspecified atom stereocenters. The molecule has 1 N–H and O–H groups in total. The third-order valence-corrected chi connectivity index (χ3v) is 5.57. The van der Waals surface area contributed by atoms with E-state index in [0.29, 0.717) is 47.0 Å². The largest absolute Gasteiger partial charge is 0.495 e. The number of methoxy groups -OCH3 is 1. The zero-order valence-electron chi connectivity index (χ0n) is 17.7. The number of carbonyl (C=O) groups is 2. The van der Waals surface area contributed by atoms with Gasteiger partial charge in [0, 0.05) is 30.0 Å². The van der Waals surface area contributed by atoms with Crippen molar-refractivity contribution in [3.8, 4) is 11.4 Å². The fraction of sp³-hybridized carbons (Fsp3) is 0.250. The van der Waals surface area contributed by atoms with Crippen LogP contribution in [0.4, 0.5) is 15.8 Å². The molecule has 2 amide bonds. The summed E-state index contributed by atoms with van der Waals surface area (Å²) in [6.07, 6.45) is 1.29. The Hall–Kier alpha value is -3.61. The zero-order valence-corrected chi connectivity index (χ0v) is 17.7. The van der Waals surface area contributed by atoms with Gasteiger partial charge in [0.25, 0.3) is 5.91 Å². The number of hydrogen-bond acceptors (Lipinski definition) is 3. The van der Waals surface area contributed by atoms with Crippen LogP contribution in [0, 0.1) is 19.7 Å². The van der Waals surface area contributed by atoms with Gasteiger partial charge in [0.15, 0.2) is 0 Å². The molecule has 1 aromatic heterocycles. The lowest BCUT2D eigenvalue weighted by atomic mass is 10.2. The summed E-state index contributed by atoms with van der Waals surface area (Å²) in [7, 11) is 1.55. The van der Waals surface area contributed by atoms with Gasteiger partial charge >= 0.3 is 0 Å². The van der Waals surface area contributed by atoms with E-state index in [1.165, 1.54) is 6.07 Å². The Balaban J connectivity index is 1.64. The number of ether oxygens (including phenoxy) is 1. The van der Waals surface area contributed by atoms with Gasteiger partial charge in [-0.25, -0.2) is 4.39 Å². The van der Waals surface area contributed by atoms with Gasteiger partial charge in [0.05, 0.1) is 24.0 Å². The highest BCUT2D eigenvalue weighted by atomic mass is 19.1. The summed E-state index contributed by atoms with van der Waals surface area (Å²) in [6, 6.07) is 13.4. The van der Waals surface area contributed by atoms with Gasteiger partial charge in [-0.15, -0.1) is 0 Å². The lowest BCUT2D eigenvalue weighted by molar-refractivity contribution is -0.117. The highest BCUT2D eigenvalue weighted by molar-refractivity contribution is 6.06. The molecule has 0 bridgehead atoms. The minimum atomic E-state index is -0.355. The average molecular weight is 421 g/mol. The van der Waals surface area contributed by atoms with E-state index in [0.717, 1.165) is 12.1 Å². The predicted molar refractivity (Wildman–Crippen MR) is 118 cm³/mol. The van der Waals surface area contributed by atoms with E-state index in [1.54, 1.807) is 66.0 Å². The Morgan fingerprint density at radius 3 is 2.55 bits per heavy atom. The second kappa shape index (κ2) is 8.26. The summed E-state index contributed by atoms with van der Waals surface area (Å²) < 4.78 is 21.5. The van der Waals surface area contributed by atoms with Gasteiger partial charge in [0.1, 0.15) is 11.6 Å². The number of carbonyl (C=O) groups excluding carboxylic acids is 2. The molecule has 2 heterocycles. The van der Waals surface area contributed by atoms with E-state index in [4.69, 9.17) is 4.74 Å². The second-order valence-corrected chi connectivity index (χ2v) is 7.56. The normalized spacial score (nSPS) is 13.5. The molecule has 160 valence electrons. The van der Waals surface area contributed by atoms with Crippen molar-refractivity contribution in [3.63, 3.8) is 0 Å². The molecule has 1 fully saturated rings. The standard InChI is InChI=1S/C24H24FN3O3/c1-15-13-18(16(2)28(15)20-8-5-4-7-19(20)25)24(30)26-17-10-11-22(31-3)21(14-17)27-12-6-9-23(27)29/h4-5,7-8,10-11,13-14H,6,9,12H2,1-3H3,(H,26,30). The summed E-state index contributed by atoms with van der Waals surface area (Å²) in [5, 5.41) is 2.90. The summed E-state index contributed by atoms with van der Waals surface area (Å²) in [5.41, 5.74) is 3.44. The molecule has 3 aromatic rings. The lowest BCUT2D eigenvalue weighted by Gasteiger charge is -2.20. The zero-order chi connectivity index (χ0) is 22.1. The fourth-order valence-corrected chi connectivity index (χ4v) is 4.08. The number of nitrogens with zero attached hydrogens (tertiary/aromatic N) is 2. The summed E-state index contributed by atoms with van der Waals surface area (Å²) in [6.45, 7) is 4.24. The maximum Gasteiger partial charge on any atom is 0.257 e. The van der Waals surface area contributed by atoms with Crippen molar-refractivity contribution >= 4 is 23.2 Å². The van der Waals surface area contributed by atoms with E-state index in [9.17, 15) is 14.0 Å². The number of nitrogens with one attached hydrogen (secondary N) is 1. The topological polar surface area (TPSA) is 63.6 Å². The van der Waals surface area contributed by atoms with Gasteiger partial charge < -0.3 is 19.5 Å². The maximum absolute atomic E-state index is 14.3. The Bertz CT molecular complexity index is 1170. The molecule has 2 aromatic carbocycles. The van der Waals surface area contributed by atoms with E-state index in [2.05, 4.69) is 5.32 Å². The maximum atomic E-state index is 14.3. The number of aryl methyl sites for hydroxylation is 1. The average Bonchev–Trinajstić information content (AvgIpc) is 3.31. The molecule has 7 heteroatoms. The van der Waals surface area contributed by atoms with Crippen molar-refractivity contribution in [2.75, 3.05) is 23.9 Å². The number of amides is 2. The van der Waals surface area contributed by atoms with Crippen LogP contribution in [0.1, 0.15) is 34.6 Å². The first-order valence-corrected chi connectivity index (χ1v) is 10.1. The Labute approximate surface area is 180 Å². The summed E-state index contributed by atoms with van der Waals surface area (Å²) in [5.74, 6) is -0.0490. The molecule has 1 aliphatic rings. The first-order valence-electron chi connectivity index (χ1n) is 10.1. The van der Waals surface area contributed by atoms with Gasteiger partial charge in [0.2, 0.25) is 5.91 Å². The SMILES string of the molecule is COc1ccc(NC(=O)c2cc(C)n(-c3ccccc3F)c2C)cc1N1CCCC1=O. The molecule has 31 heavy (non-hydrogen) atoms. The monoisotopic (exact) mass is 421 g/mol. The fourth-order valence-electron chi connectivity index (χ4n) is 4.08. The molecule has 6 nitrogen and oxygen atoms in total.